The van der Waals surface area contributed by atoms with Gasteiger partial charge in [0.15, 0.2) is 0 Å². The largest absolute Gasteiger partial charge is 0.478 e. The first kappa shape index (κ1) is 21.7. The van der Waals surface area contributed by atoms with Crippen LogP contribution < -0.4 is 9.64 Å². The Balaban J connectivity index is 1.83. The van der Waals surface area contributed by atoms with Gasteiger partial charge in [-0.2, -0.15) is 9.57 Å². The van der Waals surface area contributed by atoms with Crippen LogP contribution >= 0.6 is 0 Å². The first-order valence-electron chi connectivity index (χ1n) is 10.6. The van der Waals surface area contributed by atoms with Gasteiger partial charge in [-0.25, -0.2) is 13.2 Å². The standard InChI is InChI=1S/C22H27N3O5S/c1-3-4-5-17-14-25(22-10-15(11-22)12-22)18-8-16(13-23)19(30-7-6-21(26)27)9-20(18)31(28,29)24(17)2/h6-9,15,17H,3-5,10-12,14H2,1-2H3,(H,26,27)/b7-6+/t15?,17-,22?/m1/s1. The second kappa shape index (κ2) is 7.84. The molecule has 0 saturated heterocycles. The third kappa shape index (κ3) is 3.58. The van der Waals surface area contributed by atoms with Crippen molar-refractivity contribution in [3.05, 3.63) is 30.0 Å². The molecular formula is C22H27N3O5S. The quantitative estimate of drug-likeness (QED) is 0.507. The summed E-state index contributed by atoms with van der Waals surface area (Å²) in [4.78, 5) is 13.1. The van der Waals surface area contributed by atoms with Crippen molar-refractivity contribution < 1.29 is 23.1 Å². The lowest BCUT2D eigenvalue weighted by Crippen LogP contribution is -2.69. The number of sulfonamides is 1. The van der Waals surface area contributed by atoms with Crippen molar-refractivity contribution in [3.63, 3.8) is 0 Å². The van der Waals surface area contributed by atoms with Crippen molar-refractivity contribution in [1.82, 2.24) is 4.31 Å². The fourth-order valence-corrected chi connectivity index (χ4v) is 6.58. The summed E-state index contributed by atoms with van der Waals surface area (Å²) in [6.07, 6.45) is 7.59. The molecule has 1 aromatic carbocycles. The summed E-state index contributed by atoms with van der Waals surface area (Å²) in [5.74, 6) is -0.455. The molecule has 1 heterocycles. The highest BCUT2D eigenvalue weighted by Gasteiger charge is 2.61. The number of carbonyl (C=O) groups is 1. The molecule has 8 nitrogen and oxygen atoms in total. The molecule has 1 N–H and O–H groups in total. The van der Waals surface area contributed by atoms with Crippen LogP contribution in [0.3, 0.4) is 0 Å². The number of carboxylic acids is 1. The molecule has 3 aliphatic carbocycles. The monoisotopic (exact) mass is 445 g/mol. The number of rotatable bonds is 7. The average molecular weight is 446 g/mol. The lowest BCUT2D eigenvalue weighted by Gasteiger charge is -2.67. The molecule has 0 aromatic heterocycles. The Labute approximate surface area is 182 Å². The van der Waals surface area contributed by atoms with Crippen LogP contribution in [-0.4, -0.2) is 49.0 Å². The molecule has 1 aromatic rings. The van der Waals surface area contributed by atoms with E-state index >= 15 is 0 Å². The summed E-state index contributed by atoms with van der Waals surface area (Å²) in [6, 6.07) is 4.87. The van der Waals surface area contributed by atoms with E-state index in [1.165, 1.54) is 10.4 Å². The SMILES string of the molecule is CCCC[C@@H]1CN(C23CC(C2)C3)c2cc(C#N)c(O/C=C/C(=O)O)cc2S(=O)(=O)N1C. The van der Waals surface area contributed by atoms with Gasteiger partial charge in [0.05, 0.1) is 23.6 Å². The molecular weight excluding hydrogens is 418 g/mol. The number of hydrogen-bond donors (Lipinski definition) is 1. The summed E-state index contributed by atoms with van der Waals surface area (Å²) in [7, 11) is -2.20. The first-order valence-corrected chi connectivity index (χ1v) is 12.1. The number of likely N-dealkylation sites (N-methyl/N-ethyl adjacent to an activating group) is 1. The molecule has 4 aliphatic rings. The molecule has 166 valence electrons. The van der Waals surface area contributed by atoms with E-state index in [9.17, 15) is 18.5 Å². The summed E-state index contributed by atoms with van der Waals surface area (Å²) in [6.45, 7) is 2.69. The Hall–Kier alpha value is -2.57. The van der Waals surface area contributed by atoms with Gasteiger partial charge in [-0.3, -0.25) is 0 Å². The number of nitriles is 1. The molecule has 1 aliphatic heterocycles. The van der Waals surface area contributed by atoms with E-state index in [0.29, 0.717) is 18.2 Å². The Morgan fingerprint density at radius 2 is 2.10 bits per heavy atom. The Kier molecular flexibility index (Phi) is 5.48. The van der Waals surface area contributed by atoms with Gasteiger partial charge in [-0.05, 0) is 37.7 Å². The van der Waals surface area contributed by atoms with Gasteiger partial charge in [-0.15, -0.1) is 0 Å². The second-order valence-corrected chi connectivity index (χ2v) is 10.8. The van der Waals surface area contributed by atoms with Gasteiger partial charge in [0.25, 0.3) is 0 Å². The molecule has 0 spiro atoms. The summed E-state index contributed by atoms with van der Waals surface area (Å²) < 4.78 is 33.9. The Morgan fingerprint density at radius 3 is 2.65 bits per heavy atom. The van der Waals surface area contributed by atoms with Crippen LogP contribution in [0.15, 0.2) is 29.4 Å². The predicted molar refractivity (Wildman–Crippen MR) is 114 cm³/mol. The number of carboxylic acid groups (broad SMARTS) is 1. The Morgan fingerprint density at radius 1 is 1.39 bits per heavy atom. The summed E-state index contributed by atoms with van der Waals surface area (Å²) in [5, 5.41) is 18.5. The van der Waals surface area contributed by atoms with Gasteiger partial charge in [0.1, 0.15) is 16.7 Å². The fourth-order valence-electron chi connectivity index (χ4n) is 5.02. The highest BCUT2D eigenvalue weighted by Crippen LogP contribution is 2.62. The number of benzene rings is 1. The number of ether oxygens (including phenoxy) is 1. The van der Waals surface area contributed by atoms with Crippen molar-refractivity contribution in [2.24, 2.45) is 5.92 Å². The van der Waals surface area contributed by atoms with E-state index in [1.807, 2.05) is 0 Å². The molecule has 5 rings (SSSR count). The van der Waals surface area contributed by atoms with E-state index in [-0.39, 0.29) is 27.8 Å². The van der Waals surface area contributed by atoms with Crippen molar-refractivity contribution in [2.75, 3.05) is 18.5 Å². The van der Waals surface area contributed by atoms with E-state index < -0.39 is 16.0 Å². The first-order chi connectivity index (χ1) is 14.7. The van der Waals surface area contributed by atoms with E-state index in [2.05, 4.69) is 17.9 Å². The number of unbranched alkanes of at least 4 members (excludes halogenated alkanes) is 1. The third-order valence-electron chi connectivity index (χ3n) is 6.91. The molecule has 1 atom stereocenters. The maximum atomic E-state index is 13.6. The Bertz CT molecular complexity index is 1060. The van der Waals surface area contributed by atoms with E-state index in [4.69, 9.17) is 9.84 Å². The zero-order chi connectivity index (χ0) is 22.4. The number of anilines is 1. The number of fused-ring (bicyclic) bond motifs is 1. The smallest absolute Gasteiger partial charge is 0.331 e. The second-order valence-electron chi connectivity index (χ2n) is 8.82. The minimum Gasteiger partial charge on any atom is -0.478 e. The van der Waals surface area contributed by atoms with Crippen LogP contribution in [0.1, 0.15) is 51.0 Å². The van der Waals surface area contributed by atoms with E-state index in [1.54, 1.807) is 13.1 Å². The molecule has 0 radical (unpaired) electrons. The molecule has 0 amide bonds. The van der Waals surface area contributed by atoms with Crippen molar-refractivity contribution in [2.45, 2.75) is 61.9 Å². The van der Waals surface area contributed by atoms with Crippen molar-refractivity contribution >= 4 is 21.7 Å². The molecule has 31 heavy (non-hydrogen) atoms. The number of aliphatic carboxylic acids is 1. The highest BCUT2D eigenvalue weighted by atomic mass is 32.2. The molecule has 3 fully saturated rings. The van der Waals surface area contributed by atoms with Crippen LogP contribution in [-0.2, 0) is 14.8 Å². The maximum Gasteiger partial charge on any atom is 0.331 e. The molecule has 9 heteroatoms. The summed E-state index contributed by atoms with van der Waals surface area (Å²) >= 11 is 0. The minimum atomic E-state index is -3.82. The van der Waals surface area contributed by atoms with Gasteiger partial charge < -0.3 is 14.7 Å². The lowest BCUT2D eigenvalue weighted by atomic mass is 9.49. The molecule has 3 saturated carbocycles. The normalized spacial score (nSPS) is 28.7. The van der Waals surface area contributed by atoms with Gasteiger partial charge in [0.2, 0.25) is 10.0 Å². The molecule has 0 unspecified atom stereocenters. The summed E-state index contributed by atoms with van der Waals surface area (Å²) in [5.41, 5.74) is 0.702. The molecule has 2 bridgehead atoms. The van der Waals surface area contributed by atoms with Crippen LogP contribution in [0.4, 0.5) is 5.69 Å². The third-order valence-corrected chi connectivity index (χ3v) is 8.85. The minimum absolute atomic E-state index is 0.0249. The van der Waals surface area contributed by atoms with Gasteiger partial charge in [0, 0.05) is 31.2 Å². The van der Waals surface area contributed by atoms with E-state index in [0.717, 1.165) is 50.9 Å². The van der Waals surface area contributed by atoms with Crippen molar-refractivity contribution in [3.8, 4) is 11.8 Å². The van der Waals surface area contributed by atoms with Crippen molar-refractivity contribution in [1.29, 1.82) is 5.26 Å². The topological polar surface area (TPSA) is 111 Å². The fraction of sp³-hybridized carbons (Fsp3) is 0.545. The zero-order valence-corrected chi connectivity index (χ0v) is 18.6. The van der Waals surface area contributed by atoms with Crippen LogP contribution in [0.25, 0.3) is 0 Å². The maximum absolute atomic E-state index is 13.6. The van der Waals surface area contributed by atoms with Gasteiger partial charge >= 0.3 is 5.97 Å². The lowest BCUT2D eigenvalue weighted by molar-refractivity contribution is -0.131. The highest BCUT2D eigenvalue weighted by molar-refractivity contribution is 7.89. The zero-order valence-electron chi connectivity index (χ0n) is 17.7. The van der Waals surface area contributed by atoms with Crippen LogP contribution in [0, 0.1) is 17.2 Å². The number of nitrogens with zero attached hydrogens (tertiary/aromatic N) is 3. The van der Waals surface area contributed by atoms with Gasteiger partial charge in [-0.1, -0.05) is 19.8 Å². The van der Waals surface area contributed by atoms with Crippen LogP contribution in [0.5, 0.6) is 5.75 Å². The van der Waals surface area contributed by atoms with Crippen LogP contribution in [0.2, 0.25) is 0 Å². The average Bonchev–Trinajstić information content (AvgIpc) is 2.72. The predicted octanol–water partition coefficient (Wildman–Crippen LogP) is 3.09. The number of hydrogen-bond acceptors (Lipinski definition) is 6.